The number of carbonyl (C=O) groups is 1. The van der Waals surface area contributed by atoms with E-state index in [4.69, 9.17) is 4.11 Å². The number of fused-ring (bicyclic) bond motifs is 3. The number of hydrogen-bond donors (Lipinski definition) is 2. The van der Waals surface area contributed by atoms with E-state index in [-0.39, 0.29) is 11.4 Å². The second kappa shape index (κ2) is 6.06. The maximum absolute atomic E-state index is 12.3. The van der Waals surface area contributed by atoms with Crippen LogP contribution in [-0.2, 0) is 6.54 Å². The van der Waals surface area contributed by atoms with Gasteiger partial charge in [-0.2, -0.15) is 10.2 Å². The lowest BCUT2D eigenvalue weighted by atomic mass is 10.2. The quantitative estimate of drug-likeness (QED) is 0.710. The fourth-order valence-corrected chi connectivity index (χ4v) is 2.91. The lowest BCUT2D eigenvalue weighted by Gasteiger charge is -2.29. The zero-order valence-electron chi connectivity index (χ0n) is 17.1. The van der Waals surface area contributed by atoms with Crippen LogP contribution in [0, 0.1) is 6.92 Å². The van der Waals surface area contributed by atoms with Gasteiger partial charge < -0.3 is 15.5 Å². The van der Waals surface area contributed by atoms with Gasteiger partial charge in [-0.05, 0) is 19.1 Å². The standard InChI is InChI=1S/C16H17N9O/c1-9-20-12-8-24(3)14-11(25(12)23-9)5-6-18-15(14)21-10-4-7-19-22-13(10)16(26)17-2/h4-7H,8H2,1-3H3,(H,17,26)(H,18,19,21)/i2D3. The molecule has 0 fully saturated rings. The molecule has 0 spiro atoms. The van der Waals surface area contributed by atoms with Gasteiger partial charge in [0.1, 0.15) is 11.5 Å². The third kappa shape index (κ3) is 2.51. The molecule has 3 aromatic rings. The first-order valence-corrected chi connectivity index (χ1v) is 7.77. The predicted molar refractivity (Wildman–Crippen MR) is 94.7 cm³/mol. The summed E-state index contributed by atoms with van der Waals surface area (Å²) >= 11 is 0. The van der Waals surface area contributed by atoms with E-state index in [1.807, 2.05) is 30.3 Å². The highest BCUT2D eigenvalue weighted by Crippen LogP contribution is 2.36. The van der Waals surface area contributed by atoms with Gasteiger partial charge in [0.2, 0.25) is 0 Å². The lowest BCUT2D eigenvalue weighted by Crippen LogP contribution is -2.27. The minimum Gasteiger partial charge on any atom is -0.362 e. The minimum atomic E-state index is -2.64. The molecule has 4 rings (SSSR count). The molecule has 1 aliphatic rings. The largest absolute Gasteiger partial charge is 0.362 e. The van der Waals surface area contributed by atoms with Crippen molar-refractivity contribution in [2.45, 2.75) is 13.5 Å². The fourth-order valence-electron chi connectivity index (χ4n) is 2.91. The molecule has 0 radical (unpaired) electrons. The van der Waals surface area contributed by atoms with Crippen LogP contribution >= 0.6 is 0 Å². The van der Waals surface area contributed by atoms with Crippen molar-refractivity contribution in [2.75, 3.05) is 24.2 Å². The van der Waals surface area contributed by atoms with Crippen molar-refractivity contribution in [1.29, 1.82) is 0 Å². The van der Waals surface area contributed by atoms with E-state index in [0.717, 1.165) is 17.2 Å². The van der Waals surface area contributed by atoms with Gasteiger partial charge in [0, 0.05) is 24.3 Å². The van der Waals surface area contributed by atoms with Crippen LogP contribution in [0.3, 0.4) is 0 Å². The number of aryl methyl sites for hydroxylation is 1. The number of amides is 1. The van der Waals surface area contributed by atoms with Crippen LogP contribution in [0.5, 0.6) is 0 Å². The van der Waals surface area contributed by atoms with Gasteiger partial charge in [-0.3, -0.25) is 4.79 Å². The van der Waals surface area contributed by atoms with E-state index in [0.29, 0.717) is 18.2 Å². The van der Waals surface area contributed by atoms with E-state index in [1.54, 1.807) is 10.9 Å². The van der Waals surface area contributed by atoms with Crippen LogP contribution in [0.4, 0.5) is 17.2 Å². The number of pyridine rings is 1. The average Bonchev–Trinajstić information content (AvgIpc) is 3.01. The maximum Gasteiger partial charge on any atom is 0.273 e. The maximum atomic E-state index is 12.3. The first-order valence-electron chi connectivity index (χ1n) is 9.27. The number of rotatable bonds is 3. The first-order chi connectivity index (χ1) is 13.7. The van der Waals surface area contributed by atoms with Gasteiger partial charge in [-0.1, -0.05) is 0 Å². The number of nitrogens with one attached hydrogen (secondary N) is 2. The molecule has 2 N–H and O–H groups in total. The monoisotopic (exact) mass is 354 g/mol. The molecule has 0 saturated heterocycles. The van der Waals surface area contributed by atoms with Crippen molar-refractivity contribution in [3.05, 3.63) is 41.9 Å². The molecule has 0 aromatic carbocycles. The van der Waals surface area contributed by atoms with E-state index in [1.165, 1.54) is 12.3 Å². The summed E-state index contributed by atoms with van der Waals surface area (Å²) in [6.45, 7) is -0.295. The van der Waals surface area contributed by atoms with Crippen molar-refractivity contribution >= 4 is 23.1 Å². The molecule has 3 aromatic heterocycles. The van der Waals surface area contributed by atoms with E-state index >= 15 is 0 Å². The summed E-state index contributed by atoms with van der Waals surface area (Å²) in [7, 11) is 1.90. The molecule has 0 unspecified atom stereocenters. The molecule has 10 heteroatoms. The van der Waals surface area contributed by atoms with Crippen LogP contribution in [0.1, 0.15) is 26.2 Å². The van der Waals surface area contributed by atoms with Crippen molar-refractivity contribution < 1.29 is 8.91 Å². The second-order valence-corrected chi connectivity index (χ2v) is 5.74. The summed E-state index contributed by atoms with van der Waals surface area (Å²) in [4.78, 5) is 23.1. The molecule has 132 valence electrons. The third-order valence-electron chi connectivity index (χ3n) is 3.97. The Balaban J connectivity index is 1.74. The Hall–Kier alpha value is -3.56. The molecule has 0 saturated carbocycles. The van der Waals surface area contributed by atoms with Crippen LogP contribution in [0.25, 0.3) is 5.69 Å². The molecule has 26 heavy (non-hydrogen) atoms. The first kappa shape index (κ1) is 12.8. The van der Waals surface area contributed by atoms with Gasteiger partial charge >= 0.3 is 0 Å². The Morgan fingerprint density at radius 1 is 1.35 bits per heavy atom. The van der Waals surface area contributed by atoms with Crippen LogP contribution in [-0.4, -0.2) is 49.9 Å². The summed E-state index contributed by atoms with van der Waals surface area (Å²) in [5, 5.41) is 16.9. The third-order valence-corrected chi connectivity index (χ3v) is 3.97. The number of aromatic nitrogens is 6. The molecule has 0 bridgehead atoms. The summed E-state index contributed by atoms with van der Waals surface area (Å²) in [5.41, 5.74) is 1.65. The highest BCUT2D eigenvalue weighted by Gasteiger charge is 2.26. The summed E-state index contributed by atoms with van der Waals surface area (Å²) in [6, 6.07) is 3.34. The van der Waals surface area contributed by atoms with Crippen molar-refractivity contribution in [3.8, 4) is 5.69 Å². The fraction of sp³-hybridized carbons (Fsp3) is 0.250. The normalized spacial score (nSPS) is 14.5. The Bertz CT molecular complexity index is 1100. The average molecular weight is 354 g/mol. The van der Waals surface area contributed by atoms with Crippen LogP contribution in [0.15, 0.2) is 24.5 Å². The van der Waals surface area contributed by atoms with Crippen molar-refractivity contribution in [1.82, 2.24) is 35.3 Å². The summed E-state index contributed by atoms with van der Waals surface area (Å²) in [6.07, 6.45) is 3.00. The number of carbonyl (C=O) groups excluding carboxylic acids is 1. The number of hydrogen-bond acceptors (Lipinski definition) is 8. The summed E-state index contributed by atoms with van der Waals surface area (Å²) < 4.78 is 23.4. The number of anilines is 3. The molecule has 10 nitrogen and oxygen atoms in total. The van der Waals surface area contributed by atoms with Gasteiger partial charge in [0.25, 0.3) is 5.91 Å². The molecule has 1 amide bonds. The Kier molecular flexibility index (Phi) is 2.97. The highest BCUT2D eigenvalue weighted by atomic mass is 16.1. The number of nitrogens with zero attached hydrogens (tertiary/aromatic N) is 7. The Morgan fingerprint density at radius 3 is 3.08 bits per heavy atom. The second-order valence-electron chi connectivity index (χ2n) is 5.74. The zero-order valence-corrected chi connectivity index (χ0v) is 14.1. The minimum absolute atomic E-state index is 0.154. The van der Waals surface area contributed by atoms with Gasteiger partial charge in [0.15, 0.2) is 17.3 Å². The zero-order chi connectivity index (χ0) is 20.8. The van der Waals surface area contributed by atoms with E-state index < -0.39 is 12.9 Å². The Morgan fingerprint density at radius 2 is 2.23 bits per heavy atom. The van der Waals surface area contributed by atoms with Crippen molar-refractivity contribution in [3.63, 3.8) is 0 Å². The predicted octanol–water partition coefficient (Wildman–Crippen LogP) is 0.814. The molecule has 0 aliphatic carbocycles. The Labute approximate surface area is 153 Å². The lowest BCUT2D eigenvalue weighted by molar-refractivity contribution is 0.0958. The SMILES string of the molecule is [2H]C([2H])([2H])NC(=O)c1nnccc1Nc1nccc2c1N(C)Cc1nc(C)nn1-2. The van der Waals surface area contributed by atoms with Crippen LogP contribution < -0.4 is 15.5 Å². The molecule has 0 atom stereocenters. The highest BCUT2D eigenvalue weighted by molar-refractivity contribution is 5.98. The van der Waals surface area contributed by atoms with E-state index in [9.17, 15) is 4.79 Å². The molecule has 4 heterocycles. The molecular formula is C16H17N9O. The van der Waals surface area contributed by atoms with E-state index in [2.05, 4.69) is 30.6 Å². The molecule has 1 aliphatic heterocycles. The smallest absolute Gasteiger partial charge is 0.273 e. The van der Waals surface area contributed by atoms with Crippen LogP contribution in [0.2, 0.25) is 0 Å². The van der Waals surface area contributed by atoms with Gasteiger partial charge in [0.05, 0.1) is 24.1 Å². The van der Waals surface area contributed by atoms with Gasteiger partial charge in [-0.25, -0.2) is 14.6 Å². The molecular weight excluding hydrogens is 334 g/mol. The van der Waals surface area contributed by atoms with Gasteiger partial charge in [-0.15, -0.1) is 5.10 Å². The van der Waals surface area contributed by atoms with Crippen molar-refractivity contribution in [2.24, 2.45) is 0 Å². The topological polar surface area (TPSA) is 114 Å². The summed E-state index contributed by atoms with van der Waals surface area (Å²) in [5.74, 6) is 1.06.